The molecule has 2 aliphatic rings. The zero-order valence-corrected chi connectivity index (χ0v) is 26.3. The molecule has 43 heavy (non-hydrogen) atoms. The molecule has 1 heterocycles. The van der Waals surface area contributed by atoms with Crippen molar-refractivity contribution in [1.82, 2.24) is 4.98 Å². The summed E-state index contributed by atoms with van der Waals surface area (Å²) in [4.78, 5) is 15.9. The van der Waals surface area contributed by atoms with Crippen molar-refractivity contribution in [3.63, 3.8) is 0 Å². The Morgan fingerprint density at radius 1 is 0.465 bits per heavy atom. The number of aryl methyl sites for hydroxylation is 2. The molecule has 1 aromatic heterocycles. The second-order valence-corrected chi connectivity index (χ2v) is 10.6. The average Bonchev–Trinajstić information content (AvgIpc) is 3.02. The first-order valence-electron chi connectivity index (χ1n) is 14.3. The minimum Gasteiger partial charge on any atom is -1.00 e. The number of hydrogen-bond acceptors (Lipinski definition) is 3. The predicted molar refractivity (Wildman–Crippen MR) is 166 cm³/mol. The fraction of sp³-hybridized carbons (Fsp3) is 0.162. The van der Waals surface area contributed by atoms with Gasteiger partial charge in [0.25, 0.3) is 0 Å². The number of aromatic nitrogens is 1. The molecule has 0 atom stereocenters. The van der Waals surface area contributed by atoms with E-state index in [0.29, 0.717) is 0 Å². The Labute approximate surface area is 276 Å². The molecule has 0 amide bonds. The van der Waals surface area contributed by atoms with Gasteiger partial charge in [0.1, 0.15) is 0 Å². The van der Waals surface area contributed by atoms with Gasteiger partial charge in [-0.05, 0) is 72.9 Å². The minimum atomic E-state index is 0. The third-order valence-electron chi connectivity index (χ3n) is 7.93. The predicted octanol–water partition coefficient (Wildman–Crippen LogP) is 3.34. The van der Waals surface area contributed by atoms with Crippen LogP contribution in [0.3, 0.4) is 0 Å². The van der Waals surface area contributed by atoms with E-state index in [9.17, 15) is 0 Å². The van der Waals surface area contributed by atoms with E-state index in [1.54, 1.807) is 0 Å². The summed E-state index contributed by atoms with van der Waals surface area (Å²) in [5, 5.41) is 0. The van der Waals surface area contributed by atoms with Crippen LogP contribution in [0.4, 0.5) is 11.4 Å². The van der Waals surface area contributed by atoms with Crippen LogP contribution in [0.2, 0.25) is 0 Å². The smallest absolute Gasteiger partial charge is 1.00 e. The van der Waals surface area contributed by atoms with E-state index >= 15 is 0 Å². The Morgan fingerprint density at radius 2 is 0.860 bits per heavy atom. The maximum absolute atomic E-state index is 5.35. The van der Waals surface area contributed by atoms with E-state index in [2.05, 4.69) is 115 Å². The van der Waals surface area contributed by atoms with Gasteiger partial charge in [0.2, 0.25) is 0 Å². The summed E-state index contributed by atoms with van der Waals surface area (Å²) in [7, 11) is 0. The van der Waals surface area contributed by atoms with Crippen molar-refractivity contribution < 1.29 is 41.9 Å². The molecule has 2 aliphatic carbocycles. The number of pyridine rings is 1. The molecule has 7 rings (SSSR count). The Bertz CT molecular complexity index is 1620. The van der Waals surface area contributed by atoms with Gasteiger partial charge in [-0.2, -0.15) is 0 Å². The maximum Gasteiger partial charge on any atom is 2.00 e. The Kier molecular flexibility index (Phi) is 11.1. The van der Waals surface area contributed by atoms with Crippen molar-refractivity contribution in [2.24, 2.45) is 9.98 Å². The molecule has 0 N–H and O–H groups in total. The number of para-hydroxylation sites is 2. The standard InChI is InChI=1S/C37H31N3.2ClH.Fe/c1-3-13-26(14-4-1)30-19-7-9-21-32(30)38-34-23-11-17-28-25-29-18-12-24-35(37(29)40-36(28)34)39-33-22-10-8-20-31(33)27-15-5-2-6-16-27;;;/h1-10,13-16,19-22,25H,11-12,17-18,23-24H2;2*1H;/q;;;+2/p-2. The summed E-state index contributed by atoms with van der Waals surface area (Å²) in [6, 6.07) is 40.3. The van der Waals surface area contributed by atoms with Crippen molar-refractivity contribution in [3.05, 3.63) is 138 Å². The largest absolute Gasteiger partial charge is 2.00 e. The molecule has 4 aromatic carbocycles. The average molecular weight is 644 g/mol. The number of fused-ring (bicyclic) bond motifs is 2. The number of rotatable bonds is 4. The fourth-order valence-corrected chi connectivity index (χ4v) is 5.99. The molecule has 0 saturated heterocycles. The van der Waals surface area contributed by atoms with Gasteiger partial charge in [-0.25, -0.2) is 4.98 Å². The van der Waals surface area contributed by atoms with Crippen LogP contribution in [0.25, 0.3) is 22.3 Å². The summed E-state index contributed by atoms with van der Waals surface area (Å²) < 4.78 is 0. The zero-order valence-electron chi connectivity index (χ0n) is 23.7. The molecule has 3 nitrogen and oxygen atoms in total. The summed E-state index contributed by atoms with van der Waals surface area (Å²) in [5.41, 5.74) is 13.6. The summed E-state index contributed by atoms with van der Waals surface area (Å²) in [6.07, 6.45) is 6.18. The van der Waals surface area contributed by atoms with E-state index in [-0.39, 0.29) is 41.9 Å². The van der Waals surface area contributed by atoms with E-state index in [0.717, 1.165) is 83.8 Å². The topological polar surface area (TPSA) is 37.6 Å². The molecule has 0 radical (unpaired) electrons. The Hall–Kier alpha value is -3.53. The zero-order chi connectivity index (χ0) is 26.7. The van der Waals surface area contributed by atoms with Gasteiger partial charge in [0.15, 0.2) is 0 Å². The molecule has 0 bridgehead atoms. The number of hydrogen-bond donors (Lipinski definition) is 0. The van der Waals surface area contributed by atoms with Crippen molar-refractivity contribution in [1.29, 1.82) is 0 Å². The quantitative estimate of drug-likeness (QED) is 0.277. The summed E-state index contributed by atoms with van der Waals surface area (Å²) >= 11 is 0. The molecule has 0 unspecified atom stereocenters. The van der Waals surface area contributed by atoms with Crippen LogP contribution in [0.15, 0.2) is 125 Å². The van der Waals surface area contributed by atoms with E-state index in [1.807, 2.05) is 0 Å². The number of nitrogens with zero attached hydrogens (tertiary/aromatic N) is 3. The Morgan fingerprint density at radius 3 is 1.30 bits per heavy atom. The van der Waals surface area contributed by atoms with Crippen LogP contribution in [0, 0.1) is 0 Å². The third kappa shape index (κ3) is 6.84. The molecule has 0 fully saturated rings. The first-order valence-corrected chi connectivity index (χ1v) is 14.3. The van der Waals surface area contributed by atoms with E-state index < -0.39 is 0 Å². The second kappa shape index (κ2) is 14.8. The van der Waals surface area contributed by atoms with Crippen molar-refractivity contribution >= 4 is 22.8 Å². The van der Waals surface area contributed by atoms with Gasteiger partial charge in [0, 0.05) is 11.1 Å². The van der Waals surface area contributed by atoms with Gasteiger partial charge < -0.3 is 24.8 Å². The molecule has 0 spiro atoms. The summed E-state index contributed by atoms with van der Waals surface area (Å²) in [6.45, 7) is 0. The van der Waals surface area contributed by atoms with Crippen LogP contribution in [-0.2, 0) is 29.9 Å². The normalized spacial score (nSPS) is 15.3. The first kappa shape index (κ1) is 32.4. The van der Waals surface area contributed by atoms with Crippen LogP contribution in [0.5, 0.6) is 0 Å². The van der Waals surface area contributed by atoms with Gasteiger partial charge in [-0.1, -0.05) is 103 Å². The van der Waals surface area contributed by atoms with Crippen molar-refractivity contribution in [3.8, 4) is 22.3 Å². The number of halogens is 2. The van der Waals surface area contributed by atoms with E-state index in [1.165, 1.54) is 22.3 Å². The SMILES string of the molecule is [Cl-].[Cl-].[Fe+2].c1ccc(-c2ccccc2N=C2CCCc3cc4c(nc32)C(=Nc2ccccc2-c2ccccc2)CCC4)cc1. The molecule has 6 heteroatoms. The molecule has 216 valence electrons. The van der Waals surface area contributed by atoms with Gasteiger partial charge in [-0.15, -0.1) is 0 Å². The first-order chi connectivity index (χ1) is 19.8. The monoisotopic (exact) mass is 643 g/mol. The second-order valence-electron chi connectivity index (χ2n) is 10.6. The van der Waals surface area contributed by atoms with Gasteiger partial charge in [0.05, 0.1) is 34.2 Å². The van der Waals surface area contributed by atoms with Gasteiger partial charge >= 0.3 is 17.1 Å². The van der Waals surface area contributed by atoms with Crippen LogP contribution in [0.1, 0.15) is 48.2 Å². The third-order valence-corrected chi connectivity index (χ3v) is 7.93. The fourth-order valence-electron chi connectivity index (χ4n) is 5.99. The van der Waals surface area contributed by atoms with Crippen LogP contribution >= 0.6 is 0 Å². The molecule has 5 aromatic rings. The number of benzene rings is 4. The maximum atomic E-state index is 5.35. The van der Waals surface area contributed by atoms with Crippen LogP contribution < -0.4 is 24.8 Å². The Balaban J connectivity index is 0.00000141. The van der Waals surface area contributed by atoms with E-state index in [4.69, 9.17) is 15.0 Å². The van der Waals surface area contributed by atoms with Crippen molar-refractivity contribution in [2.75, 3.05) is 0 Å². The number of aliphatic imine (C=N–C) groups is 2. The molecular weight excluding hydrogens is 613 g/mol. The minimum absolute atomic E-state index is 0. The van der Waals surface area contributed by atoms with Crippen molar-refractivity contribution in [2.45, 2.75) is 38.5 Å². The molecule has 0 saturated carbocycles. The summed E-state index contributed by atoms with van der Waals surface area (Å²) in [5.74, 6) is 0. The molecule has 0 aliphatic heterocycles. The van der Waals surface area contributed by atoms with Crippen LogP contribution in [-0.4, -0.2) is 16.4 Å². The van der Waals surface area contributed by atoms with Gasteiger partial charge in [-0.3, -0.25) is 9.98 Å². The molecular formula is C37H31Cl2FeN3.